The van der Waals surface area contributed by atoms with E-state index in [4.69, 9.17) is 34.8 Å². The summed E-state index contributed by atoms with van der Waals surface area (Å²) in [6.07, 6.45) is -4.52. The first kappa shape index (κ1) is 18.7. The number of benzene rings is 2. The van der Waals surface area contributed by atoms with Crippen LogP contribution in [0.15, 0.2) is 36.4 Å². The summed E-state index contributed by atoms with van der Waals surface area (Å²) in [4.78, 5) is 12.3. The predicted molar refractivity (Wildman–Crippen MR) is 87.4 cm³/mol. The molecular weight excluding hydrogens is 390 g/mol. The molecule has 2 aromatic rings. The number of nitrogens with one attached hydrogen (secondary N) is 1. The molecule has 128 valence electrons. The highest BCUT2D eigenvalue weighted by Crippen LogP contribution is 2.31. The average Bonchev–Trinajstić information content (AvgIpc) is 2.48. The van der Waals surface area contributed by atoms with E-state index in [-0.39, 0.29) is 32.1 Å². The van der Waals surface area contributed by atoms with E-state index in [0.717, 1.165) is 0 Å². The molecule has 0 aliphatic carbocycles. The van der Waals surface area contributed by atoms with Gasteiger partial charge in [0, 0.05) is 5.02 Å². The fourth-order valence-electron chi connectivity index (χ4n) is 1.75. The summed E-state index contributed by atoms with van der Waals surface area (Å²) in [7, 11) is 0. The van der Waals surface area contributed by atoms with Gasteiger partial charge >= 0.3 is 6.18 Å². The van der Waals surface area contributed by atoms with E-state index in [1.807, 2.05) is 0 Å². The van der Waals surface area contributed by atoms with Gasteiger partial charge in [0.2, 0.25) is 0 Å². The molecular formula is C15H9Cl3F3NO2. The second-order valence-corrected chi connectivity index (χ2v) is 5.82. The first-order valence-corrected chi connectivity index (χ1v) is 7.55. The lowest BCUT2D eigenvalue weighted by atomic mass is 10.2. The van der Waals surface area contributed by atoms with Crippen molar-refractivity contribution >= 4 is 46.4 Å². The minimum absolute atomic E-state index is 0.0206. The van der Waals surface area contributed by atoms with E-state index in [1.165, 1.54) is 36.4 Å². The molecule has 0 fully saturated rings. The Morgan fingerprint density at radius 3 is 2.50 bits per heavy atom. The third-order valence-electron chi connectivity index (χ3n) is 2.78. The van der Waals surface area contributed by atoms with Gasteiger partial charge in [0.05, 0.1) is 21.3 Å². The Kier molecular flexibility index (Phi) is 5.85. The fourth-order valence-corrected chi connectivity index (χ4v) is 2.31. The van der Waals surface area contributed by atoms with E-state index in [1.54, 1.807) is 0 Å². The van der Waals surface area contributed by atoms with Crippen molar-refractivity contribution in [3.8, 4) is 5.75 Å². The first-order chi connectivity index (χ1) is 11.2. The lowest BCUT2D eigenvalue weighted by Gasteiger charge is -2.14. The Bertz CT molecular complexity index is 766. The molecule has 0 aliphatic heterocycles. The molecule has 1 N–H and O–H groups in total. The Morgan fingerprint density at radius 2 is 1.83 bits per heavy atom. The molecule has 0 saturated heterocycles. The molecule has 0 heterocycles. The predicted octanol–water partition coefficient (Wildman–Crippen LogP) is 5.84. The summed E-state index contributed by atoms with van der Waals surface area (Å²) in [6, 6.07) is 8.27. The average molecular weight is 399 g/mol. The standard InChI is InChI=1S/C15H9Cl3F3NO2/c16-8-4-5-12(24-7-15(19,20)21)11(6-8)22-14(23)9-2-1-3-10(17)13(9)18/h1-6H,7H2,(H,22,23). The van der Waals surface area contributed by atoms with Crippen LogP contribution in [-0.4, -0.2) is 18.7 Å². The highest BCUT2D eigenvalue weighted by atomic mass is 35.5. The van der Waals surface area contributed by atoms with Crippen LogP contribution >= 0.6 is 34.8 Å². The smallest absolute Gasteiger partial charge is 0.422 e. The molecule has 0 unspecified atom stereocenters. The molecule has 0 aromatic heterocycles. The van der Waals surface area contributed by atoms with E-state index in [2.05, 4.69) is 10.1 Å². The number of rotatable bonds is 4. The van der Waals surface area contributed by atoms with Crippen molar-refractivity contribution in [3.63, 3.8) is 0 Å². The summed E-state index contributed by atoms with van der Waals surface area (Å²) >= 11 is 17.6. The van der Waals surface area contributed by atoms with Crippen molar-refractivity contribution in [3.05, 3.63) is 57.0 Å². The van der Waals surface area contributed by atoms with Gasteiger partial charge in [-0.1, -0.05) is 40.9 Å². The molecule has 0 radical (unpaired) electrons. The highest BCUT2D eigenvalue weighted by molar-refractivity contribution is 6.44. The summed E-state index contributed by atoms with van der Waals surface area (Å²) in [6.45, 7) is -1.50. The van der Waals surface area contributed by atoms with Gasteiger partial charge in [-0.3, -0.25) is 4.79 Å². The molecule has 1 amide bonds. The van der Waals surface area contributed by atoms with Crippen LogP contribution in [-0.2, 0) is 0 Å². The van der Waals surface area contributed by atoms with Gasteiger partial charge < -0.3 is 10.1 Å². The highest BCUT2D eigenvalue weighted by Gasteiger charge is 2.29. The van der Waals surface area contributed by atoms with Crippen LogP contribution in [0.1, 0.15) is 10.4 Å². The van der Waals surface area contributed by atoms with Gasteiger partial charge in [-0.25, -0.2) is 0 Å². The topological polar surface area (TPSA) is 38.3 Å². The van der Waals surface area contributed by atoms with Crippen LogP contribution in [0.4, 0.5) is 18.9 Å². The van der Waals surface area contributed by atoms with Crippen LogP contribution in [0, 0.1) is 0 Å². The second-order valence-electron chi connectivity index (χ2n) is 4.60. The number of amides is 1. The lowest BCUT2D eigenvalue weighted by Crippen LogP contribution is -2.20. The number of hydrogen-bond acceptors (Lipinski definition) is 2. The van der Waals surface area contributed by atoms with Crippen LogP contribution in [0.5, 0.6) is 5.75 Å². The monoisotopic (exact) mass is 397 g/mol. The maximum absolute atomic E-state index is 12.3. The summed E-state index contributed by atoms with van der Waals surface area (Å²) in [5.41, 5.74) is 0.0405. The van der Waals surface area contributed by atoms with E-state index >= 15 is 0 Å². The second kappa shape index (κ2) is 7.51. The third kappa shape index (κ3) is 4.93. The van der Waals surface area contributed by atoms with Crippen molar-refractivity contribution in [2.45, 2.75) is 6.18 Å². The van der Waals surface area contributed by atoms with Gasteiger partial charge in [0.15, 0.2) is 6.61 Å². The summed E-state index contributed by atoms with van der Waals surface area (Å²) in [5.74, 6) is -0.843. The van der Waals surface area contributed by atoms with Crippen molar-refractivity contribution < 1.29 is 22.7 Å². The minimum Gasteiger partial charge on any atom is -0.482 e. The Labute approximate surface area is 150 Å². The van der Waals surface area contributed by atoms with Gasteiger partial charge in [0.25, 0.3) is 5.91 Å². The fraction of sp³-hybridized carbons (Fsp3) is 0.133. The normalized spacial score (nSPS) is 11.2. The van der Waals surface area contributed by atoms with E-state index < -0.39 is 18.7 Å². The zero-order valence-electron chi connectivity index (χ0n) is 11.8. The van der Waals surface area contributed by atoms with Crippen LogP contribution in [0.25, 0.3) is 0 Å². The summed E-state index contributed by atoms with van der Waals surface area (Å²) < 4.78 is 41.6. The molecule has 3 nitrogen and oxygen atoms in total. The Hall–Kier alpha value is -1.63. The number of carbonyl (C=O) groups is 1. The lowest BCUT2D eigenvalue weighted by molar-refractivity contribution is -0.153. The maximum Gasteiger partial charge on any atom is 0.422 e. The SMILES string of the molecule is O=C(Nc1cc(Cl)ccc1OCC(F)(F)F)c1cccc(Cl)c1Cl. The van der Waals surface area contributed by atoms with Crippen molar-refractivity contribution in [1.82, 2.24) is 0 Å². The first-order valence-electron chi connectivity index (χ1n) is 6.42. The molecule has 0 atom stereocenters. The van der Waals surface area contributed by atoms with Crippen molar-refractivity contribution in [1.29, 1.82) is 0 Å². The zero-order chi connectivity index (χ0) is 17.9. The molecule has 0 bridgehead atoms. The van der Waals surface area contributed by atoms with Gasteiger partial charge in [-0.15, -0.1) is 0 Å². The number of alkyl halides is 3. The van der Waals surface area contributed by atoms with E-state index in [0.29, 0.717) is 0 Å². The number of anilines is 1. The van der Waals surface area contributed by atoms with Gasteiger partial charge in [-0.2, -0.15) is 13.2 Å². The number of hydrogen-bond donors (Lipinski definition) is 1. The van der Waals surface area contributed by atoms with Crippen molar-refractivity contribution in [2.75, 3.05) is 11.9 Å². The Morgan fingerprint density at radius 1 is 1.12 bits per heavy atom. The van der Waals surface area contributed by atoms with Gasteiger partial charge in [0.1, 0.15) is 5.75 Å². The largest absolute Gasteiger partial charge is 0.482 e. The quantitative estimate of drug-likeness (QED) is 0.702. The molecule has 2 rings (SSSR count). The summed E-state index contributed by atoms with van der Waals surface area (Å²) in [5, 5.41) is 2.82. The molecule has 0 spiro atoms. The van der Waals surface area contributed by atoms with Crippen LogP contribution in [0.2, 0.25) is 15.1 Å². The van der Waals surface area contributed by atoms with Crippen molar-refractivity contribution in [2.24, 2.45) is 0 Å². The van der Waals surface area contributed by atoms with Crippen LogP contribution < -0.4 is 10.1 Å². The van der Waals surface area contributed by atoms with Gasteiger partial charge in [-0.05, 0) is 30.3 Å². The zero-order valence-corrected chi connectivity index (χ0v) is 14.0. The molecule has 9 heteroatoms. The number of halogens is 6. The van der Waals surface area contributed by atoms with Crippen LogP contribution in [0.3, 0.4) is 0 Å². The molecule has 0 saturated carbocycles. The number of carbonyl (C=O) groups excluding carboxylic acids is 1. The number of ether oxygens (including phenoxy) is 1. The molecule has 2 aromatic carbocycles. The van der Waals surface area contributed by atoms with E-state index in [9.17, 15) is 18.0 Å². The molecule has 0 aliphatic rings. The third-order valence-corrected chi connectivity index (χ3v) is 3.83. The maximum atomic E-state index is 12.3. The minimum atomic E-state index is -4.52. The Balaban J connectivity index is 2.26. The molecule has 24 heavy (non-hydrogen) atoms.